The minimum atomic E-state index is -0.474. The van der Waals surface area contributed by atoms with E-state index < -0.39 is 11.7 Å². The summed E-state index contributed by atoms with van der Waals surface area (Å²) < 4.78 is 16.2. The third kappa shape index (κ3) is 4.39. The van der Waals surface area contributed by atoms with Gasteiger partial charge in [0, 0.05) is 43.0 Å². The highest BCUT2D eigenvalue weighted by molar-refractivity contribution is 5.92. The summed E-state index contributed by atoms with van der Waals surface area (Å²) in [5.41, 5.74) is 7.12. The minimum Gasteiger partial charge on any atom is -0.383 e. The predicted octanol–water partition coefficient (Wildman–Crippen LogP) is 2.83. The highest BCUT2D eigenvalue weighted by Gasteiger charge is 2.17. The Balaban J connectivity index is 1.25. The number of halogens is 1. The van der Waals surface area contributed by atoms with Crippen LogP contribution in [0.25, 0.3) is 10.8 Å². The number of carbonyl (C=O) groups excluding carboxylic acids is 1. The molecule has 174 valence electrons. The Bertz CT molecular complexity index is 1350. The van der Waals surface area contributed by atoms with Crippen molar-refractivity contribution in [3.05, 3.63) is 71.3 Å². The van der Waals surface area contributed by atoms with Crippen molar-refractivity contribution in [2.45, 2.75) is 32.9 Å². The molecule has 1 aliphatic rings. The van der Waals surface area contributed by atoms with Gasteiger partial charge in [-0.1, -0.05) is 6.07 Å². The van der Waals surface area contributed by atoms with Gasteiger partial charge in [-0.15, -0.1) is 5.10 Å². The van der Waals surface area contributed by atoms with Crippen molar-refractivity contribution in [2.75, 3.05) is 23.7 Å². The van der Waals surface area contributed by atoms with Crippen LogP contribution < -0.4 is 16.0 Å². The first kappa shape index (κ1) is 21.7. The van der Waals surface area contributed by atoms with E-state index in [2.05, 4.69) is 30.3 Å². The Morgan fingerprint density at radius 1 is 1.18 bits per heavy atom. The molecule has 0 atom stereocenters. The lowest BCUT2D eigenvalue weighted by Gasteiger charge is -2.16. The number of fused-ring (bicyclic) bond motifs is 1. The molecule has 0 radical (unpaired) electrons. The monoisotopic (exact) mass is 460 g/mol. The first-order valence-electron chi connectivity index (χ1n) is 11.2. The fourth-order valence-corrected chi connectivity index (χ4v) is 4.14. The second-order valence-electron chi connectivity index (χ2n) is 8.40. The highest BCUT2D eigenvalue weighted by atomic mass is 19.1. The third-order valence-corrected chi connectivity index (χ3v) is 6.03. The normalized spacial score (nSPS) is 13.5. The molecule has 4 heterocycles. The number of anilines is 2. The topological polar surface area (TPSA) is 115 Å². The molecule has 1 fully saturated rings. The van der Waals surface area contributed by atoms with E-state index in [1.54, 1.807) is 29.9 Å². The van der Waals surface area contributed by atoms with Gasteiger partial charge >= 0.3 is 0 Å². The summed E-state index contributed by atoms with van der Waals surface area (Å²) in [6.07, 6.45) is 5.80. The van der Waals surface area contributed by atoms with Gasteiger partial charge in [0.05, 0.1) is 6.54 Å². The van der Waals surface area contributed by atoms with Crippen LogP contribution in [-0.4, -0.2) is 43.7 Å². The van der Waals surface area contributed by atoms with Crippen LogP contribution in [0.15, 0.2) is 42.7 Å². The number of rotatable bonds is 6. The molecule has 0 spiro atoms. The summed E-state index contributed by atoms with van der Waals surface area (Å²) in [6, 6.07) is 8.77. The Labute approximate surface area is 195 Å². The van der Waals surface area contributed by atoms with E-state index >= 15 is 0 Å². The van der Waals surface area contributed by atoms with Crippen molar-refractivity contribution in [1.82, 2.24) is 30.0 Å². The van der Waals surface area contributed by atoms with Crippen LogP contribution in [0.4, 0.5) is 16.0 Å². The van der Waals surface area contributed by atoms with Gasteiger partial charge in [-0.3, -0.25) is 4.79 Å². The molecule has 1 aliphatic heterocycles. The van der Waals surface area contributed by atoms with Crippen molar-refractivity contribution >= 4 is 28.3 Å². The molecule has 10 heteroatoms. The molecule has 1 saturated heterocycles. The smallest absolute Gasteiger partial charge is 0.291 e. The van der Waals surface area contributed by atoms with Crippen LogP contribution in [-0.2, 0) is 13.1 Å². The second kappa shape index (κ2) is 9.05. The van der Waals surface area contributed by atoms with Gasteiger partial charge in [-0.25, -0.2) is 24.0 Å². The number of hydrogen-bond acceptors (Lipinski definition) is 7. The van der Waals surface area contributed by atoms with E-state index in [4.69, 9.17) is 5.73 Å². The molecule has 0 saturated carbocycles. The average molecular weight is 461 g/mol. The summed E-state index contributed by atoms with van der Waals surface area (Å²) >= 11 is 0. The molecule has 3 N–H and O–H groups in total. The fraction of sp³-hybridized carbons (Fsp3) is 0.292. The first-order valence-corrected chi connectivity index (χ1v) is 11.2. The maximum absolute atomic E-state index is 14.5. The van der Waals surface area contributed by atoms with Crippen LogP contribution in [0.5, 0.6) is 0 Å². The SMILES string of the molecule is Cc1nc(C(=O)NCc2cc3ccnc(N)c3cc2F)nn1Cc1ccc(N2CCCC2)nc1. The number of nitrogens with two attached hydrogens (primary N) is 1. The number of aryl methyl sites for hydroxylation is 1. The molecule has 0 bridgehead atoms. The van der Waals surface area contributed by atoms with E-state index in [1.807, 2.05) is 18.3 Å². The average Bonchev–Trinajstić information content (AvgIpc) is 3.49. The molecular weight excluding hydrogens is 435 g/mol. The number of carbonyl (C=O) groups is 1. The number of hydrogen-bond donors (Lipinski definition) is 2. The predicted molar refractivity (Wildman–Crippen MR) is 127 cm³/mol. The number of nitrogen functional groups attached to an aromatic ring is 1. The molecule has 9 nitrogen and oxygen atoms in total. The molecule has 1 aromatic carbocycles. The van der Waals surface area contributed by atoms with Gasteiger partial charge < -0.3 is 16.0 Å². The standard InChI is InChI=1S/C24H25FN8O/c1-15-30-23(31-33(15)14-16-4-5-21(28-12-16)32-8-2-3-9-32)24(34)29-13-18-10-17-6-7-27-22(26)19(17)11-20(18)25/h4-7,10-12H,2-3,8-9,13-14H2,1H3,(H2,26,27)(H,29,34). The largest absolute Gasteiger partial charge is 0.383 e. The van der Waals surface area contributed by atoms with Gasteiger partial charge in [0.25, 0.3) is 5.91 Å². The van der Waals surface area contributed by atoms with Crippen molar-refractivity contribution in [1.29, 1.82) is 0 Å². The molecule has 3 aromatic heterocycles. The fourth-order valence-electron chi connectivity index (χ4n) is 4.14. The van der Waals surface area contributed by atoms with Gasteiger partial charge in [0.15, 0.2) is 0 Å². The quantitative estimate of drug-likeness (QED) is 0.455. The van der Waals surface area contributed by atoms with Gasteiger partial charge in [-0.05, 0) is 55.0 Å². The molecule has 1 amide bonds. The van der Waals surface area contributed by atoms with Crippen LogP contribution in [0.1, 0.15) is 40.4 Å². The lowest BCUT2D eigenvalue weighted by Crippen LogP contribution is -2.24. The van der Waals surface area contributed by atoms with Crippen LogP contribution in [0, 0.1) is 12.7 Å². The maximum Gasteiger partial charge on any atom is 0.291 e. The number of benzene rings is 1. The summed E-state index contributed by atoms with van der Waals surface area (Å²) in [5, 5.41) is 8.32. The van der Waals surface area contributed by atoms with E-state index in [9.17, 15) is 9.18 Å². The van der Waals surface area contributed by atoms with Crippen molar-refractivity contribution < 1.29 is 9.18 Å². The lowest BCUT2D eigenvalue weighted by atomic mass is 10.1. The summed E-state index contributed by atoms with van der Waals surface area (Å²) in [7, 11) is 0. The lowest BCUT2D eigenvalue weighted by molar-refractivity contribution is 0.0940. The third-order valence-electron chi connectivity index (χ3n) is 6.03. The first-order chi connectivity index (χ1) is 16.5. The molecule has 4 aromatic rings. The van der Waals surface area contributed by atoms with Gasteiger partial charge in [-0.2, -0.15) is 0 Å². The maximum atomic E-state index is 14.5. The van der Waals surface area contributed by atoms with Gasteiger partial charge in [0.1, 0.15) is 23.3 Å². The van der Waals surface area contributed by atoms with Crippen molar-refractivity contribution in [2.24, 2.45) is 0 Å². The summed E-state index contributed by atoms with van der Waals surface area (Å²) in [5.74, 6) is 0.946. The van der Waals surface area contributed by atoms with E-state index in [1.165, 1.54) is 18.9 Å². The van der Waals surface area contributed by atoms with Crippen LogP contribution in [0.3, 0.4) is 0 Å². The van der Waals surface area contributed by atoms with Crippen molar-refractivity contribution in [3.8, 4) is 0 Å². The van der Waals surface area contributed by atoms with E-state index in [0.29, 0.717) is 23.3 Å². The number of nitrogens with one attached hydrogen (secondary N) is 1. The Kier molecular flexibility index (Phi) is 5.79. The van der Waals surface area contributed by atoms with Gasteiger partial charge in [0.2, 0.25) is 5.82 Å². The minimum absolute atomic E-state index is 0.00168. The Hall–Kier alpha value is -4.08. The zero-order valence-electron chi connectivity index (χ0n) is 18.8. The molecule has 5 rings (SSSR count). The van der Waals surface area contributed by atoms with Crippen LogP contribution >= 0.6 is 0 Å². The summed E-state index contributed by atoms with van der Waals surface area (Å²) in [6.45, 7) is 4.33. The molecule has 0 aliphatic carbocycles. The summed E-state index contributed by atoms with van der Waals surface area (Å²) in [4.78, 5) is 27.7. The number of aromatic nitrogens is 5. The Morgan fingerprint density at radius 2 is 2.00 bits per heavy atom. The van der Waals surface area contributed by atoms with Crippen LogP contribution in [0.2, 0.25) is 0 Å². The highest BCUT2D eigenvalue weighted by Crippen LogP contribution is 2.23. The molecular formula is C24H25FN8O. The molecule has 34 heavy (non-hydrogen) atoms. The number of amides is 1. The van der Waals surface area contributed by atoms with E-state index in [-0.39, 0.29) is 18.2 Å². The van der Waals surface area contributed by atoms with E-state index in [0.717, 1.165) is 29.9 Å². The zero-order valence-corrected chi connectivity index (χ0v) is 18.8. The number of nitrogens with zero attached hydrogens (tertiary/aromatic N) is 6. The zero-order chi connectivity index (χ0) is 23.7. The Morgan fingerprint density at radius 3 is 2.76 bits per heavy atom. The second-order valence-corrected chi connectivity index (χ2v) is 8.40. The molecule has 0 unspecified atom stereocenters. The number of pyridine rings is 2. The van der Waals surface area contributed by atoms with Crippen molar-refractivity contribution in [3.63, 3.8) is 0 Å².